The third kappa shape index (κ3) is 5.24. The first kappa shape index (κ1) is 21.7. The van der Waals surface area contributed by atoms with Crippen LogP contribution in [0.5, 0.6) is 6.01 Å². The molecule has 0 aliphatic carbocycles. The van der Waals surface area contributed by atoms with E-state index in [1.807, 2.05) is 0 Å². The van der Waals surface area contributed by atoms with E-state index >= 15 is 0 Å². The van der Waals surface area contributed by atoms with E-state index in [1.54, 1.807) is 0 Å². The first-order chi connectivity index (χ1) is 13.6. The van der Waals surface area contributed by atoms with Crippen LogP contribution in [0.3, 0.4) is 0 Å². The summed E-state index contributed by atoms with van der Waals surface area (Å²) in [4.78, 5) is 59.0. The lowest BCUT2D eigenvalue weighted by molar-refractivity contribution is -0.174. The lowest BCUT2D eigenvalue weighted by atomic mass is 10.1. The molecule has 0 saturated carbocycles. The minimum atomic E-state index is -1.26. The molecule has 2 aromatic rings. The lowest BCUT2D eigenvalue weighted by Gasteiger charge is -2.25. The summed E-state index contributed by atoms with van der Waals surface area (Å²) in [5.74, 6) is -2.02. The standard InChI is InChI=1S/C17H20N4O8/c1-8(22)27-7-12(28-9(2)23)14(29-10(3)24)11-6-18-13-15(19-11)20-17(26-5)21(4)16(13)25/h6,12,14H,7H2,1-5H3/t12-,14+/m0/s1. The quantitative estimate of drug-likeness (QED) is 0.444. The average molecular weight is 408 g/mol. The van der Waals surface area contributed by atoms with Gasteiger partial charge in [-0.15, -0.1) is 0 Å². The summed E-state index contributed by atoms with van der Waals surface area (Å²) in [6, 6.07) is -0.00515. The fourth-order valence-electron chi connectivity index (χ4n) is 2.45. The summed E-state index contributed by atoms with van der Waals surface area (Å²) in [6.07, 6.45) is -1.26. The third-order valence-corrected chi connectivity index (χ3v) is 3.64. The van der Waals surface area contributed by atoms with E-state index in [2.05, 4.69) is 15.0 Å². The molecule has 2 atom stereocenters. The second-order valence-corrected chi connectivity index (χ2v) is 5.91. The Hall–Kier alpha value is -3.57. The summed E-state index contributed by atoms with van der Waals surface area (Å²) >= 11 is 0. The molecular formula is C17H20N4O8. The maximum absolute atomic E-state index is 12.4. The molecule has 2 aromatic heterocycles. The van der Waals surface area contributed by atoms with Gasteiger partial charge in [0, 0.05) is 27.8 Å². The molecule has 0 aliphatic heterocycles. The van der Waals surface area contributed by atoms with E-state index in [4.69, 9.17) is 18.9 Å². The molecule has 0 N–H and O–H groups in total. The minimum Gasteiger partial charge on any atom is -0.468 e. The highest BCUT2D eigenvalue weighted by atomic mass is 16.6. The molecule has 0 amide bonds. The van der Waals surface area contributed by atoms with E-state index in [9.17, 15) is 19.2 Å². The van der Waals surface area contributed by atoms with Crippen LogP contribution in [0.4, 0.5) is 0 Å². The van der Waals surface area contributed by atoms with Crippen LogP contribution in [0.1, 0.15) is 32.6 Å². The lowest BCUT2D eigenvalue weighted by Crippen LogP contribution is -2.33. The molecule has 12 heteroatoms. The number of ether oxygens (including phenoxy) is 4. The molecule has 0 aromatic carbocycles. The van der Waals surface area contributed by atoms with Gasteiger partial charge >= 0.3 is 23.9 Å². The molecule has 0 bridgehead atoms. The number of esters is 3. The van der Waals surface area contributed by atoms with Crippen molar-refractivity contribution in [2.45, 2.75) is 33.0 Å². The molecule has 156 valence electrons. The highest BCUT2D eigenvalue weighted by molar-refractivity contribution is 5.70. The Morgan fingerprint density at radius 2 is 1.72 bits per heavy atom. The van der Waals surface area contributed by atoms with Gasteiger partial charge in [0.2, 0.25) is 0 Å². The van der Waals surface area contributed by atoms with Gasteiger partial charge in [0.1, 0.15) is 12.3 Å². The van der Waals surface area contributed by atoms with Crippen LogP contribution in [0.25, 0.3) is 11.2 Å². The zero-order valence-electron chi connectivity index (χ0n) is 16.5. The number of nitrogens with zero attached hydrogens (tertiary/aromatic N) is 4. The van der Waals surface area contributed by atoms with Gasteiger partial charge in [0.25, 0.3) is 5.56 Å². The SMILES string of the molecule is COc1nc2nc([C@@H](OC(C)=O)[C@H](COC(C)=O)OC(C)=O)cnc2c(=O)n1C. The molecule has 0 fully saturated rings. The van der Waals surface area contributed by atoms with E-state index in [0.717, 1.165) is 18.4 Å². The monoisotopic (exact) mass is 408 g/mol. The van der Waals surface area contributed by atoms with Crippen LogP contribution in [0.2, 0.25) is 0 Å². The molecule has 2 heterocycles. The minimum absolute atomic E-state index is 0.00515. The van der Waals surface area contributed by atoms with E-state index in [0.29, 0.717) is 0 Å². The number of fused-ring (bicyclic) bond motifs is 1. The number of hydrogen-bond donors (Lipinski definition) is 0. The number of carbonyl (C=O) groups is 3. The molecule has 0 saturated heterocycles. The van der Waals surface area contributed by atoms with Gasteiger partial charge in [0.05, 0.1) is 13.3 Å². The summed E-state index contributed by atoms with van der Waals surface area (Å²) in [5, 5.41) is 0. The molecule has 2 rings (SSSR count). The Balaban J connectivity index is 2.57. The van der Waals surface area contributed by atoms with Crippen molar-refractivity contribution in [3.63, 3.8) is 0 Å². The van der Waals surface area contributed by atoms with Crippen molar-refractivity contribution in [1.82, 2.24) is 19.5 Å². The van der Waals surface area contributed by atoms with Gasteiger partial charge in [0.15, 0.2) is 23.4 Å². The fourth-order valence-corrected chi connectivity index (χ4v) is 2.45. The van der Waals surface area contributed by atoms with Crippen LogP contribution in [0.15, 0.2) is 11.0 Å². The van der Waals surface area contributed by atoms with Crippen LogP contribution >= 0.6 is 0 Å². The van der Waals surface area contributed by atoms with Crippen LogP contribution in [0, 0.1) is 0 Å². The Labute approximate surface area is 164 Å². The zero-order chi connectivity index (χ0) is 21.7. The van der Waals surface area contributed by atoms with Crippen LogP contribution in [-0.4, -0.2) is 57.2 Å². The van der Waals surface area contributed by atoms with Gasteiger partial charge < -0.3 is 18.9 Å². The van der Waals surface area contributed by atoms with Gasteiger partial charge in [-0.1, -0.05) is 0 Å². The number of methoxy groups -OCH3 is 1. The molecular weight excluding hydrogens is 388 g/mol. The van der Waals surface area contributed by atoms with E-state index < -0.39 is 35.7 Å². The predicted octanol–water partition coefficient (Wildman–Crippen LogP) is -0.169. The van der Waals surface area contributed by atoms with Gasteiger partial charge in [-0.05, 0) is 0 Å². The van der Waals surface area contributed by atoms with Crippen molar-refractivity contribution >= 4 is 29.1 Å². The van der Waals surface area contributed by atoms with Crippen molar-refractivity contribution in [3.05, 3.63) is 22.2 Å². The molecule has 0 spiro atoms. The first-order valence-corrected chi connectivity index (χ1v) is 8.39. The maximum Gasteiger partial charge on any atom is 0.303 e. The van der Waals surface area contributed by atoms with Crippen molar-refractivity contribution in [1.29, 1.82) is 0 Å². The highest BCUT2D eigenvalue weighted by Gasteiger charge is 2.32. The second kappa shape index (κ2) is 9.08. The fraction of sp³-hybridized carbons (Fsp3) is 0.471. The van der Waals surface area contributed by atoms with Crippen molar-refractivity contribution in [2.75, 3.05) is 13.7 Å². The molecule has 12 nitrogen and oxygen atoms in total. The Bertz CT molecular complexity index is 1000. The van der Waals surface area contributed by atoms with Crippen molar-refractivity contribution < 1.29 is 33.3 Å². The van der Waals surface area contributed by atoms with Crippen LogP contribution < -0.4 is 10.3 Å². The highest BCUT2D eigenvalue weighted by Crippen LogP contribution is 2.24. The smallest absolute Gasteiger partial charge is 0.303 e. The van der Waals surface area contributed by atoms with Crippen molar-refractivity contribution in [2.24, 2.45) is 7.05 Å². The molecule has 0 radical (unpaired) electrons. The number of carbonyl (C=O) groups excluding carboxylic acids is 3. The van der Waals surface area contributed by atoms with E-state index in [1.165, 1.54) is 27.3 Å². The van der Waals surface area contributed by atoms with Gasteiger partial charge in [-0.3, -0.25) is 23.7 Å². The number of rotatable bonds is 7. The van der Waals surface area contributed by atoms with Gasteiger partial charge in [-0.25, -0.2) is 9.97 Å². The number of aromatic nitrogens is 4. The normalized spacial score (nSPS) is 12.7. The predicted molar refractivity (Wildman–Crippen MR) is 95.8 cm³/mol. The third-order valence-electron chi connectivity index (χ3n) is 3.64. The summed E-state index contributed by atoms with van der Waals surface area (Å²) < 4.78 is 21.5. The Kier molecular flexibility index (Phi) is 6.80. The first-order valence-electron chi connectivity index (χ1n) is 8.39. The number of hydrogen-bond acceptors (Lipinski definition) is 11. The molecule has 0 aliphatic rings. The molecule has 29 heavy (non-hydrogen) atoms. The molecule has 0 unspecified atom stereocenters. The largest absolute Gasteiger partial charge is 0.468 e. The summed E-state index contributed by atoms with van der Waals surface area (Å²) in [5.41, 5.74) is -0.559. The topological polar surface area (TPSA) is 149 Å². The summed E-state index contributed by atoms with van der Waals surface area (Å²) in [6.45, 7) is 3.08. The van der Waals surface area contributed by atoms with Gasteiger partial charge in [-0.2, -0.15) is 4.98 Å². The van der Waals surface area contributed by atoms with Crippen molar-refractivity contribution in [3.8, 4) is 6.01 Å². The Morgan fingerprint density at radius 1 is 1.07 bits per heavy atom. The van der Waals surface area contributed by atoms with Crippen LogP contribution in [-0.2, 0) is 35.6 Å². The van der Waals surface area contributed by atoms with E-state index in [-0.39, 0.29) is 29.5 Å². The maximum atomic E-state index is 12.4. The average Bonchev–Trinajstić information content (AvgIpc) is 2.65. The Morgan fingerprint density at radius 3 is 2.28 bits per heavy atom. The second-order valence-electron chi connectivity index (χ2n) is 5.91. The zero-order valence-corrected chi connectivity index (χ0v) is 16.5. The summed E-state index contributed by atoms with van der Waals surface area (Å²) in [7, 11) is 2.79.